The second-order valence-corrected chi connectivity index (χ2v) is 10.9. The summed E-state index contributed by atoms with van der Waals surface area (Å²) in [6.45, 7) is 5.28. The molecule has 11 heteroatoms. The Labute approximate surface area is 216 Å². The molecule has 2 amide bonds. The first-order chi connectivity index (χ1) is 15.9. The lowest BCUT2D eigenvalue weighted by Gasteiger charge is -2.33. The van der Waals surface area contributed by atoms with E-state index in [-0.39, 0.29) is 18.1 Å². The van der Waals surface area contributed by atoms with E-state index < -0.39 is 28.5 Å². The standard InChI is InChI=1S/C23H28Cl3N3O4S/c1-5-21(23(31)27-6-2)28(13-16-8-10-18(24)20(26)11-16)22(30)14-29(34(4,32)33)17-9-7-15(3)19(25)12-17/h7-12,21H,5-6,13-14H2,1-4H3,(H,27,31)/t21-/m1/s1. The Morgan fingerprint density at radius 1 is 1.00 bits per heavy atom. The fourth-order valence-electron chi connectivity index (χ4n) is 3.40. The zero-order valence-electron chi connectivity index (χ0n) is 19.4. The highest BCUT2D eigenvalue weighted by molar-refractivity contribution is 7.92. The van der Waals surface area contributed by atoms with Gasteiger partial charge in [0.25, 0.3) is 0 Å². The van der Waals surface area contributed by atoms with Crippen LogP contribution in [0.25, 0.3) is 0 Å². The number of carbonyl (C=O) groups is 2. The zero-order chi connectivity index (χ0) is 25.6. The van der Waals surface area contributed by atoms with Crippen molar-refractivity contribution in [3.05, 3.63) is 62.6 Å². The maximum atomic E-state index is 13.5. The molecule has 2 aromatic carbocycles. The highest BCUT2D eigenvalue weighted by Gasteiger charge is 2.31. The average Bonchev–Trinajstić information content (AvgIpc) is 2.75. The van der Waals surface area contributed by atoms with Crippen LogP contribution in [0.5, 0.6) is 0 Å². The minimum absolute atomic E-state index is 0.0393. The number of halogens is 3. The zero-order valence-corrected chi connectivity index (χ0v) is 22.5. The molecule has 0 aliphatic heterocycles. The smallest absolute Gasteiger partial charge is 0.244 e. The number of sulfonamides is 1. The third-order valence-electron chi connectivity index (χ3n) is 5.20. The van der Waals surface area contributed by atoms with Crippen molar-refractivity contribution in [1.82, 2.24) is 10.2 Å². The molecule has 1 N–H and O–H groups in total. The Morgan fingerprint density at radius 3 is 2.21 bits per heavy atom. The molecule has 0 saturated heterocycles. The number of benzene rings is 2. The molecule has 0 bridgehead atoms. The van der Waals surface area contributed by atoms with Crippen LogP contribution < -0.4 is 9.62 Å². The van der Waals surface area contributed by atoms with Crippen LogP contribution in [0.4, 0.5) is 5.69 Å². The molecule has 0 spiro atoms. The lowest BCUT2D eigenvalue weighted by atomic mass is 10.1. The molecule has 0 aromatic heterocycles. The fraction of sp³-hybridized carbons (Fsp3) is 0.391. The summed E-state index contributed by atoms with van der Waals surface area (Å²) in [4.78, 5) is 27.7. The Bertz CT molecular complexity index is 1160. The maximum absolute atomic E-state index is 13.5. The second-order valence-electron chi connectivity index (χ2n) is 7.79. The van der Waals surface area contributed by atoms with Crippen molar-refractivity contribution in [2.75, 3.05) is 23.7 Å². The van der Waals surface area contributed by atoms with E-state index in [0.29, 0.717) is 33.6 Å². The lowest BCUT2D eigenvalue weighted by molar-refractivity contribution is -0.140. The van der Waals surface area contributed by atoms with E-state index in [1.807, 2.05) is 0 Å². The number of rotatable bonds is 10. The van der Waals surface area contributed by atoms with Gasteiger partial charge in [-0.25, -0.2) is 8.42 Å². The van der Waals surface area contributed by atoms with E-state index >= 15 is 0 Å². The quantitative estimate of drug-likeness (QED) is 0.468. The predicted molar refractivity (Wildman–Crippen MR) is 138 cm³/mol. The maximum Gasteiger partial charge on any atom is 0.244 e. The molecule has 2 rings (SSSR count). The van der Waals surface area contributed by atoms with Gasteiger partial charge in [0.15, 0.2) is 0 Å². The number of hydrogen-bond donors (Lipinski definition) is 1. The predicted octanol–water partition coefficient (Wildman–Crippen LogP) is 4.66. The summed E-state index contributed by atoms with van der Waals surface area (Å²) in [6.07, 6.45) is 1.34. The topological polar surface area (TPSA) is 86.8 Å². The van der Waals surface area contributed by atoms with E-state index in [9.17, 15) is 18.0 Å². The molecule has 0 saturated carbocycles. The minimum Gasteiger partial charge on any atom is -0.355 e. The van der Waals surface area contributed by atoms with Crippen LogP contribution >= 0.6 is 34.8 Å². The molecule has 0 fully saturated rings. The van der Waals surface area contributed by atoms with Crippen molar-refractivity contribution >= 4 is 62.3 Å². The molecular weight excluding hydrogens is 521 g/mol. The minimum atomic E-state index is -3.84. The first kappa shape index (κ1) is 28.2. The number of amides is 2. The summed E-state index contributed by atoms with van der Waals surface area (Å²) in [7, 11) is -3.84. The van der Waals surface area contributed by atoms with Crippen LogP contribution in [0.3, 0.4) is 0 Å². The third kappa shape index (κ3) is 7.25. The Morgan fingerprint density at radius 2 is 1.68 bits per heavy atom. The van der Waals surface area contributed by atoms with Gasteiger partial charge in [0.1, 0.15) is 12.6 Å². The van der Waals surface area contributed by atoms with Crippen LogP contribution in [-0.4, -0.2) is 50.5 Å². The van der Waals surface area contributed by atoms with Gasteiger partial charge in [-0.3, -0.25) is 13.9 Å². The molecule has 2 aromatic rings. The van der Waals surface area contributed by atoms with E-state index in [1.165, 1.54) is 11.0 Å². The van der Waals surface area contributed by atoms with Gasteiger partial charge in [-0.1, -0.05) is 53.9 Å². The van der Waals surface area contributed by atoms with Gasteiger partial charge < -0.3 is 10.2 Å². The molecule has 0 unspecified atom stereocenters. The number of nitrogens with one attached hydrogen (secondary N) is 1. The van der Waals surface area contributed by atoms with Crippen molar-refractivity contribution in [2.24, 2.45) is 0 Å². The number of nitrogens with zero attached hydrogens (tertiary/aromatic N) is 2. The first-order valence-electron chi connectivity index (χ1n) is 10.6. The average molecular weight is 549 g/mol. The molecule has 186 valence electrons. The number of carbonyl (C=O) groups excluding carboxylic acids is 2. The molecular formula is C23H28Cl3N3O4S. The largest absolute Gasteiger partial charge is 0.355 e. The van der Waals surface area contributed by atoms with Crippen molar-refractivity contribution in [2.45, 2.75) is 39.8 Å². The second kappa shape index (κ2) is 12.1. The van der Waals surface area contributed by atoms with Crippen molar-refractivity contribution in [3.8, 4) is 0 Å². The van der Waals surface area contributed by atoms with Gasteiger partial charge in [-0.15, -0.1) is 0 Å². The Balaban J connectivity index is 2.47. The molecule has 34 heavy (non-hydrogen) atoms. The highest BCUT2D eigenvalue weighted by Crippen LogP contribution is 2.27. The van der Waals surface area contributed by atoms with Gasteiger partial charge in [0.05, 0.1) is 22.0 Å². The molecule has 0 radical (unpaired) electrons. The summed E-state index contributed by atoms with van der Waals surface area (Å²) < 4.78 is 26.2. The molecule has 0 heterocycles. The number of likely N-dealkylation sites (N-methyl/N-ethyl adjacent to an activating group) is 1. The first-order valence-corrected chi connectivity index (χ1v) is 13.6. The molecule has 0 aliphatic carbocycles. The molecule has 0 aliphatic rings. The van der Waals surface area contributed by atoms with Gasteiger partial charge >= 0.3 is 0 Å². The summed E-state index contributed by atoms with van der Waals surface area (Å²) in [5.41, 5.74) is 1.68. The summed E-state index contributed by atoms with van der Waals surface area (Å²) >= 11 is 18.3. The summed E-state index contributed by atoms with van der Waals surface area (Å²) in [6, 6.07) is 8.86. The Hall–Kier alpha value is -2.00. The van der Waals surface area contributed by atoms with E-state index in [0.717, 1.165) is 16.1 Å². The fourth-order valence-corrected chi connectivity index (χ4v) is 4.73. The third-order valence-corrected chi connectivity index (χ3v) is 7.48. The monoisotopic (exact) mass is 547 g/mol. The normalized spacial score (nSPS) is 12.2. The van der Waals surface area contributed by atoms with Crippen LogP contribution in [0.2, 0.25) is 15.1 Å². The van der Waals surface area contributed by atoms with Crippen LogP contribution in [0.15, 0.2) is 36.4 Å². The van der Waals surface area contributed by atoms with Crippen molar-refractivity contribution in [3.63, 3.8) is 0 Å². The summed E-state index contributed by atoms with van der Waals surface area (Å²) in [5.74, 6) is -0.881. The van der Waals surface area contributed by atoms with Crippen LogP contribution in [0, 0.1) is 6.92 Å². The number of hydrogen-bond acceptors (Lipinski definition) is 4. The SMILES string of the molecule is CCNC(=O)[C@@H](CC)N(Cc1ccc(Cl)c(Cl)c1)C(=O)CN(c1ccc(C)c(Cl)c1)S(C)(=O)=O. The van der Waals surface area contributed by atoms with Crippen molar-refractivity contribution < 1.29 is 18.0 Å². The summed E-state index contributed by atoms with van der Waals surface area (Å²) in [5, 5.41) is 3.78. The molecule has 1 atom stereocenters. The highest BCUT2D eigenvalue weighted by atomic mass is 35.5. The van der Waals surface area contributed by atoms with Crippen LogP contribution in [0.1, 0.15) is 31.4 Å². The molecule has 7 nitrogen and oxygen atoms in total. The van der Waals surface area contributed by atoms with E-state index in [2.05, 4.69) is 5.32 Å². The van der Waals surface area contributed by atoms with E-state index in [1.54, 1.807) is 51.1 Å². The van der Waals surface area contributed by atoms with Gasteiger partial charge in [0, 0.05) is 18.1 Å². The van der Waals surface area contributed by atoms with Gasteiger partial charge in [-0.05, 0) is 55.7 Å². The van der Waals surface area contributed by atoms with Gasteiger partial charge in [-0.2, -0.15) is 0 Å². The Kier molecular flexibility index (Phi) is 10.1. The van der Waals surface area contributed by atoms with Crippen molar-refractivity contribution in [1.29, 1.82) is 0 Å². The van der Waals surface area contributed by atoms with Crippen LogP contribution in [-0.2, 0) is 26.2 Å². The van der Waals surface area contributed by atoms with Gasteiger partial charge in [0.2, 0.25) is 21.8 Å². The lowest BCUT2D eigenvalue weighted by Crippen LogP contribution is -2.52. The number of anilines is 1. The number of aryl methyl sites for hydroxylation is 1. The van der Waals surface area contributed by atoms with E-state index in [4.69, 9.17) is 34.8 Å².